The first-order valence-electron chi connectivity index (χ1n) is 12.0. The van der Waals surface area contributed by atoms with Crippen LogP contribution in [0.2, 0.25) is 0 Å². The topological polar surface area (TPSA) is 26.3 Å². The quantitative estimate of drug-likeness (QED) is 0.111. The van der Waals surface area contributed by atoms with Crippen LogP contribution in [-0.4, -0.2) is 24.1 Å². The molecule has 0 amide bonds. The van der Waals surface area contributed by atoms with Crippen LogP contribution in [0.1, 0.15) is 128 Å². The Hall–Kier alpha value is -0.180. The van der Waals surface area contributed by atoms with Crippen LogP contribution in [0.15, 0.2) is 0 Å². The molecule has 0 radical (unpaired) electrons. The molecule has 0 spiro atoms. The van der Waals surface area contributed by atoms with E-state index in [1.165, 1.54) is 128 Å². The molecule has 1 rings (SSSR count). The van der Waals surface area contributed by atoms with Crippen LogP contribution in [0.5, 0.6) is 0 Å². The second kappa shape index (κ2) is 19.2. The van der Waals surface area contributed by atoms with Crippen molar-refractivity contribution < 1.29 is 9.53 Å². The Kier molecular flexibility index (Phi) is 17.6. The van der Waals surface area contributed by atoms with E-state index in [-0.39, 0.29) is 5.97 Å². The van der Waals surface area contributed by atoms with E-state index in [1.807, 2.05) is 0 Å². The van der Waals surface area contributed by atoms with Crippen LogP contribution >= 0.6 is 11.8 Å². The number of carbonyl (C=O) groups is 1. The predicted molar refractivity (Wildman–Crippen MR) is 121 cm³/mol. The molecule has 0 aromatic rings. The van der Waals surface area contributed by atoms with E-state index in [1.54, 1.807) is 0 Å². The van der Waals surface area contributed by atoms with Gasteiger partial charge in [0.25, 0.3) is 0 Å². The summed E-state index contributed by atoms with van der Waals surface area (Å²) in [5, 5.41) is 1.05. The molecule has 0 bridgehead atoms. The highest BCUT2D eigenvalue weighted by Crippen LogP contribution is 2.34. The molecule has 0 aromatic heterocycles. The molecule has 1 aliphatic heterocycles. The van der Waals surface area contributed by atoms with Gasteiger partial charge in [-0.2, -0.15) is 11.8 Å². The Morgan fingerprint density at radius 3 is 1.33 bits per heavy atom. The monoisotopic (exact) mass is 398 g/mol. The second-order valence-corrected chi connectivity index (χ2v) is 9.77. The molecule has 0 saturated carbocycles. The van der Waals surface area contributed by atoms with Crippen molar-refractivity contribution in [3.8, 4) is 0 Å². The van der Waals surface area contributed by atoms with Gasteiger partial charge in [0.05, 0.1) is 7.11 Å². The average molecular weight is 399 g/mol. The first kappa shape index (κ1) is 24.9. The summed E-state index contributed by atoms with van der Waals surface area (Å²) < 4.78 is 4.66. The number of methoxy groups -OCH3 is 1. The third kappa shape index (κ3) is 18.9. The van der Waals surface area contributed by atoms with E-state index in [0.29, 0.717) is 6.42 Å². The van der Waals surface area contributed by atoms with Crippen LogP contribution in [0.4, 0.5) is 0 Å². The van der Waals surface area contributed by atoms with E-state index < -0.39 is 0 Å². The number of ether oxygens (including phenoxy) is 1. The molecule has 0 N–H and O–H groups in total. The van der Waals surface area contributed by atoms with Gasteiger partial charge in [0.2, 0.25) is 0 Å². The number of hydrogen-bond acceptors (Lipinski definition) is 3. The number of thioether (sulfide) groups is 1. The molecular formula is C24H46O2S. The van der Waals surface area contributed by atoms with Gasteiger partial charge in [-0.1, -0.05) is 109 Å². The zero-order valence-electron chi connectivity index (χ0n) is 18.2. The summed E-state index contributed by atoms with van der Waals surface area (Å²) >= 11 is 2.15. The van der Waals surface area contributed by atoms with Crippen LogP contribution < -0.4 is 0 Å². The number of esters is 1. The standard InChI is InChI=1S/C24H46O2S/c1-26-24(25)21-19-17-15-13-11-9-7-5-3-2-4-6-8-10-12-14-16-18-20-23-22-27-23/h23H,2-22H2,1H3. The van der Waals surface area contributed by atoms with Gasteiger partial charge >= 0.3 is 5.97 Å². The van der Waals surface area contributed by atoms with Crippen molar-refractivity contribution in [2.24, 2.45) is 0 Å². The lowest BCUT2D eigenvalue weighted by Crippen LogP contribution is -1.99. The molecule has 1 fully saturated rings. The maximum atomic E-state index is 11.0. The van der Waals surface area contributed by atoms with Gasteiger partial charge in [0.15, 0.2) is 0 Å². The van der Waals surface area contributed by atoms with Crippen molar-refractivity contribution in [1.82, 2.24) is 0 Å². The summed E-state index contributed by atoms with van der Waals surface area (Å²) in [7, 11) is 1.47. The minimum atomic E-state index is -0.0616. The van der Waals surface area contributed by atoms with Gasteiger partial charge in [-0.05, 0) is 12.8 Å². The predicted octanol–water partition coefficient (Wildman–Crippen LogP) is 8.08. The Morgan fingerprint density at radius 2 is 1.00 bits per heavy atom. The molecule has 2 nitrogen and oxygen atoms in total. The fourth-order valence-electron chi connectivity index (χ4n) is 3.81. The summed E-state index contributed by atoms with van der Waals surface area (Å²) in [6, 6.07) is 0. The first-order valence-corrected chi connectivity index (χ1v) is 13.1. The Labute approximate surface area is 174 Å². The minimum absolute atomic E-state index is 0.0616. The van der Waals surface area contributed by atoms with Crippen molar-refractivity contribution in [3.05, 3.63) is 0 Å². The normalized spacial score (nSPS) is 15.8. The van der Waals surface area contributed by atoms with Crippen LogP contribution in [0.25, 0.3) is 0 Å². The summed E-state index contributed by atoms with van der Waals surface area (Å²) in [5.74, 6) is 1.38. The van der Waals surface area contributed by atoms with Gasteiger partial charge in [-0.25, -0.2) is 0 Å². The van der Waals surface area contributed by atoms with Gasteiger partial charge in [0.1, 0.15) is 0 Å². The van der Waals surface area contributed by atoms with E-state index in [2.05, 4.69) is 16.5 Å². The highest BCUT2D eigenvalue weighted by atomic mass is 32.2. The number of rotatable bonds is 21. The Balaban J connectivity index is 1.61. The molecule has 3 heteroatoms. The number of carbonyl (C=O) groups excluding carboxylic acids is 1. The third-order valence-corrected chi connectivity index (χ3v) is 6.83. The zero-order valence-corrected chi connectivity index (χ0v) is 19.0. The summed E-state index contributed by atoms with van der Waals surface area (Å²) in [6.45, 7) is 0. The molecular weight excluding hydrogens is 352 g/mol. The maximum absolute atomic E-state index is 11.0. The van der Waals surface area contributed by atoms with Gasteiger partial charge in [-0.3, -0.25) is 4.79 Å². The van der Waals surface area contributed by atoms with Gasteiger partial charge in [-0.15, -0.1) is 0 Å². The van der Waals surface area contributed by atoms with E-state index in [0.717, 1.165) is 11.7 Å². The highest BCUT2D eigenvalue weighted by molar-refractivity contribution is 8.06. The van der Waals surface area contributed by atoms with Crippen molar-refractivity contribution in [2.45, 2.75) is 134 Å². The lowest BCUT2D eigenvalue weighted by molar-refractivity contribution is -0.140. The molecule has 1 unspecified atom stereocenters. The van der Waals surface area contributed by atoms with Gasteiger partial charge in [0, 0.05) is 17.4 Å². The largest absolute Gasteiger partial charge is 0.469 e. The highest BCUT2D eigenvalue weighted by Gasteiger charge is 2.20. The van der Waals surface area contributed by atoms with Crippen molar-refractivity contribution >= 4 is 17.7 Å². The fourth-order valence-corrected chi connectivity index (χ4v) is 4.44. The molecule has 1 aliphatic rings. The average Bonchev–Trinajstić information content (AvgIpc) is 3.50. The fraction of sp³-hybridized carbons (Fsp3) is 0.958. The summed E-state index contributed by atoms with van der Waals surface area (Å²) in [5.41, 5.74) is 0. The molecule has 0 aromatic carbocycles. The molecule has 1 atom stereocenters. The van der Waals surface area contributed by atoms with Crippen LogP contribution in [0, 0.1) is 0 Å². The molecule has 1 heterocycles. The molecule has 27 heavy (non-hydrogen) atoms. The van der Waals surface area contributed by atoms with Crippen molar-refractivity contribution in [2.75, 3.05) is 12.9 Å². The van der Waals surface area contributed by atoms with Crippen LogP contribution in [-0.2, 0) is 9.53 Å². The lowest BCUT2D eigenvalue weighted by Gasteiger charge is -2.04. The van der Waals surface area contributed by atoms with E-state index in [9.17, 15) is 4.79 Å². The van der Waals surface area contributed by atoms with Crippen molar-refractivity contribution in [3.63, 3.8) is 0 Å². The SMILES string of the molecule is COC(=O)CCCCCCCCCCCCCCCCCCCCC1CS1. The van der Waals surface area contributed by atoms with Crippen LogP contribution in [0.3, 0.4) is 0 Å². The lowest BCUT2D eigenvalue weighted by atomic mass is 10.0. The smallest absolute Gasteiger partial charge is 0.305 e. The first-order chi connectivity index (χ1) is 13.3. The van der Waals surface area contributed by atoms with Crippen molar-refractivity contribution in [1.29, 1.82) is 0 Å². The number of unbranched alkanes of at least 4 members (excludes halogenated alkanes) is 17. The summed E-state index contributed by atoms with van der Waals surface area (Å²) in [4.78, 5) is 11.0. The summed E-state index contributed by atoms with van der Waals surface area (Å²) in [6.07, 6.45) is 27.1. The molecule has 0 aliphatic carbocycles. The Bertz CT molecular complexity index is 328. The van der Waals surface area contributed by atoms with E-state index >= 15 is 0 Å². The Morgan fingerprint density at radius 1 is 0.667 bits per heavy atom. The minimum Gasteiger partial charge on any atom is -0.469 e. The second-order valence-electron chi connectivity index (χ2n) is 8.43. The number of hydrogen-bond donors (Lipinski definition) is 0. The third-order valence-electron chi connectivity index (χ3n) is 5.79. The zero-order chi connectivity index (χ0) is 19.4. The molecule has 1 saturated heterocycles. The van der Waals surface area contributed by atoms with E-state index in [4.69, 9.17) is 0 Å². The van der Waals surface area contributed by atoms with Gasteiger partial charge < -0.3 is 4.74 Å². The maximum Gasteiger partial charge on any atom is 0.305 e. The molecule has 160 valence electrons.